The summed E-state index contributed by atoms with van der Waals surface area (Å²) < 4.78 is 5.04. The fourth-order valence-electron chi connectivity index (χ4n) is 1.96. The van der Waals surface area contributed by atoms with Crippen molar-refractivity contribution in [1.82, 2.24) is 4.90 Å². The highest BCUT2D eigenvalue weighted by Crippen LogP contribution is 2.44. The van der Waals surface area contributed by atoms with Crippen molar-refractivity contribution < 1.29 is 14.3 Å². The molecule has 0 aromatic rings. The number of amides is 2. The van der Waals surface area contributed by atoms with Gasteiger partial charge in [-0.25, -0.2) is 0 Å². The molecule has 4 nitrogen and oxygen atoms in total. The van der Waals surface area contributed by atoms with Crippen LogP contribution in [0.4, 0.5) is 0 Å². The highest BCUT2D eigenvalue weighted by molar-refractivity contribution is 7.81. The molecule has 0 bridgehead atoms. The molecule has 2 rings (SSSR count). The number of imide groups is 1. The van der Waals surface area contributed by atoms with Crippen LogP contribution in [0, 0.1) is 0 Å². The van der Waals surface area contributed by atoms with Crippen molar-refractivity contribution in [3.05, 3.63) is 0 Å². The molecule has 2 aliphatic rings. The molecule has 0 N–H and O–H groups in total. The van der Waals surface area contributed by atoms with E-state index >= 15 is 0 Å². The van der Waals surface area contributed by atoms with Crippen LogP contribution < -0.4 is 0 Å². The van der Waals surface area contributed by atoms with Crippen molar-refractivity contribution in [1.29, 1.82) is 0 Å². The number of carbonyl (C=O) groups excluding carboxylic acids is 2. The summed E-state index contributed by atoms with van der Waals surface area (Å²) in [4.78, 5) is 24.6. The predicted octanol–water partition coefficient (Wildman–Crippen LogP) is 0.223. The Morgan fingerprint density at radius 2 is 2.21 bits per heavy atom. The largest absolute Gasteiger partial charge is 0.382 e. The highest BCUT2D eigenvalue weighted by atomic mass is 32.1. The van der Waals surface area contributed by atoms with Gasteiger partial charge in [-0.05, 0) is 12.8 Å². The summed E-state index contributed by atoms with van der Waals surface area (Å²) in [6, 6.07) is 0. The molecular formula is C9H13NO3S. The molecule has 1 aliphatic heterocycles. The average molecular weight is 215 g/mol. The lowest BCUT2D eigenvalue weighted by Gasteiger charge is -2.25. The van der Waals surface area contributed by atoms with Gasteiger partial charge in [0.05, 0.1) is 17.4 Å². The first-order chi connectivity index (χ1) is 6.60. The van der Waals surface area contributed by atoms with Gasteiger partial charge in [-0.15, -0.1) is 0 Å². The molecule has 0 spiro atoms. The summed E-state index contributed by atoms with van der Waals surface area (Å²) in [5.41, 5.74) is -0.333. The zero-order chi connectivity index (χ0) is 10.3. The van der Waals surface area contributed by atoms with Crippen LogP contribution in [0.15, 0.2) is 0 Å². The smallest absolute Gasteiger partial charge is 0.243 e. The third kappa shape index (κ3) is 1.35. The normalized spacial score (nSPS) is 29.9. The number of hydrogen-bond donors (Lipinski definition) is 1. The van der Waals surface area contributed by atoms with Crippen LogP contribution >= 0.6 is 12.6 Å². The minimum Gasteiger partial charge on any atom is -0.382 e. The number of rotatable bonds is 3. The van der Waals surface area contributed by atoms with Gasteiger partial charge in [-0.2, -0.15) is 12.6 Å². The van der Waals surface area contributed by atoms with Gasteiger partial charge in [0.1, 0.15) is 0 Å². The lowest BCUT2D eigenvalue weighted by atomic mass is 10.2. The average Bonchev–Trinajstić information content (AvgIpc) is 2.80. The fourth-order valence-corrected chi connectivity index (χ4v) is 2.23. The Hall–Kier alpha value is -0.550. The van der Waals surface area contributed by atoms with Crippen molar-refractivity contribution in [2.75, 3.05) is 13.7 Å². The van der Waals surface area contributed by atoms with Gasteiger partial charge in [0.25, 0.3) is 0 Å². The molecule has 5 heteroatoms. The van der Waals surface area contributed by atoms with Crippen molar-refractivity contribution >= 4 is 24.4 Å². The summed E-state index contributed by atoms with van der Waals surface area (Å²) in [5.74, 6) is -0.266. The van der Waals surface area contributed by atoms with Crippen LogP contribution in [0.1, 0.15) is 19.3 Å². The van der Waals surface area contributed by atoms with Crippen LogP contribution in [0.5, 0.6) is 0 Å². The monoisotopic (exact) mass is 215 g/mol. The second kappa shape index (κ2) is 3.24. The Kier molecular flexibility index (Phi) is 2.31. The van der Waals surface area contributed by atoms with Crippen molar-refractivity contribution in [3.63, 3.8) is 0 Å². The number of carbonyl (C=O) groups is 2. The van der Waals surface area contributed by atoms with Gasteiger partial charge in [0, 0.05) is 13.5 Å². The van der Waals surface area contributed by atoms with Crippen LogP contribution in [0.3, 0.4) is 0 Å². The second-order valence-electron chi connectivity index (χ2n) is 3.94. The van der Waals surface area contributed by atoms with E-state index in [1.165, 1.54) is 4.90 Å². The van der Waals surface area contributed by atoms with E-state index in [2.05, 4.69) is 12.6 Å². The van der Waals surface area contributed by atoms with E-state index in [4.69, 9.17) is 4.74 Å². The molecular weight excluding hydrogens is 202 g/mol. The quantitative estimate of drug-likeness (QED) is 0.541. The summed E-state index contributed by atoms with van der Waals surface area (Å²) in [6.45, 7) is 0.449. The fraction of sp³-hybridized carbons (Fsp3) is 0.778. The summed E-state index contributed by atoms with van der Waals surface area (Å²) in [6.07, 6.45) is 1.95. The first kappa shape index (κ1) is 9.98. The van der Waals surface area contributed by atoms with E-state index in [1.807, 2.05) is 0 Å². The lowest BCUT2D eigenvalue weighted by Crippen LogP contribution is -2.45. The summed E-state index contributed by atoms with van der Waals surface area (Å²) >= 11 is 4.08. The van der Waals surface area contributed by atoms with E-state index in [-0.39, 0.29) is 23.8 Å². The molecule has 78 valence electrons. The van der Waals surface area contributed by atoms with Gasteiger partial charge in [0.15, 0.2) is 0 Å². The molecule has 0 radical (unpaired) electrons. The molecule has 14 heavy (non-hydrogen) atoms. The van der Waals surface area contributed by atoms with E-state index in [1.54, 1.807) is 7.11 Å². The van der Waals surface area contributed by atoms with Gasteiger partial charge in [0.2, 0.25) is 11.8 Å². The molecule has 2 fully saturated rings. The number of nitrogens with zero attached hydrogens (tertiary/aromatic N) is 1. The SMILES string of the molecule is COCC1(N2C(=O)CC(S)C2=O)CC1. The predicted molar refractivity (Wildman–Crippen MR) is 53.1 cm³/mol. The van der Waals surface area contributed by atoms with Gasteiger partial charge in [-0.3, -0.25) is 14.5 Å². The Labute approximate surface area is 88.0 Å². The maximum atomic E-state index is 11.7. The standard InChI is InChI=1S/C9H13NO3S/c1-13-5-9(2-3-9)10-7(11)4-6(14)8(10)12/h6,14H,2-5H2,1H3. The first-order valence-corrected chi connectivity index (χ1v) is 5.16. The molecule has 1 saturated carbocycles. The second-order valence-corrected chi connectivity index (χ2v) is 4.57. The van der Waals surface area contributed by atoms with Crippen LogP contribution in [-0.2, 0) is 14.3 Å². The zero-order valence-electron chi connectivity index (χ0n) is 8.02. The summed E-state index contributed by atoms with van der Waals surface area (Å²) in [7, 11) is 1.59. The third-order valence-electron chi connectivity index (χ3n) is 2.84. The molecule has 0 aromatic carbocycles. The zero-order valence-corrected chi connectivity index (χ0v) is 8.92. The summed E-state index contributed by atoms with van der Waals surface area (Å²) in [5, 5.41) is -0.447. The van der Waals surface area contributed by atoms with E-state index in [0.717, 1.165) is 12.8 Å². The van der Waals surface area contributed by atoms with Gasteiger partial charge < -0.3 is 4.74 Å². The number of hydrogen-bond acceptors (Lipinski definition) is 4. The molecule has 1 saturated heterocycles. The van der Waals surface area contributed by atoms with Gasteiger partial charge >= 0.3 is 0 Å². The topological polar surface area (TPSA) is 46.6 Å². The van der Waals surface area contributed by atoms with E-state index < -0.39 is 5.25 Å². The number of thiol groups is 1. The molecule has 1 heterocycles. The van der Waals surface area contributed by atoms with Crippen LogP contribution in [0.25, 0.3) is 0 Å². The minimum atomic E-state index is -0.447. The maximum Gasteiger partial charge on any atom is 0.243 e. The van der Waals surface area contributed by atoms with Crippen LogP contribution in [0.2, 0.25) is 0 Å². The Morgan fingerprint density at radius 3 is 2.57 bits per heavy atom. The van der Waals surface area contributed by atoms with E-state index in [9.17, 15) is 9.59 Å². The Balaban J connectivity index is 2.18. The Morgan fingerprint density at radius 1 is 1.57 bits per heavy atom. The molecule has 1 aliphatic carbocycles. The lowest BCUT2D eigenvalue weighted by molar-refractivity contribution is -0.143. The molecule has 2 amide bonds. The van der Waals surface area contributed by atoms with Crippen molar-refractivity contribution in [2.24, 2.45) is 0 Å². The van der Waals surface area contributed by atoms with Gasteiger partial charge in [-0.1, -0.05) is 0 Å². The van der Waals surface area contributed by atoms with Crippen molar-refractivity contribution in [2.45, 2.75) is 30.1 Å². The number of methoxy groups -OCH3 is 1. The molecule has 1 atom stereocenters. The first-order valence-electron chi connectivity index (χ1n) is 4.65. The Bertz CT molecular complexity index is 288. The molecule has 0 aromatic heterocycles. The van der Waals surface area contributed by atoms with E-state index in [0.29, 0.717) is 6.61 Å². The number of likely N-dealkylation sites (tertiary alicyclic amines) is 1. The number of ether oxygens (including phenoxy) is 1. The minimum absolute atomic E-state index is 0.107. The highest BCUT2D eigenvalue weighted by Gasteiger charge is 2.56. The third-order valence-corrected chi connectivity index (χ3v) is 3.24. The maximum absolute atomic E-state index is 11.7. The molecule has 1 unspecified atom stereocenters. The van der Waals surface area contributed by atoms with Crippen LogP contribution in [-0.4, -0.2) is 41.2 Å². The van der Waals surface area contributed by atoms with Crippen molar-refractivity contribution in [3.8, 4) is 0 Å².